The van der Waals surface area contributed by atoms with Crippen molar-refractivity contribution in [1.29, 1.82) is 0 Å². The summed E-state index contributed by atoms with van der Waals surface area (Å²) in [5.74, 6) is 0.644. The highest BCUT2D eigenvalue weighted by atomic mass is 16.5. The lowest BCUT2D eigenvalue weighted by Crippen LogP contribution is -2.54. The Morgan fingerprint density at radius 3 is 2.62 bits per heavy atom. The molecule has 2 amide bonds. The summed E-state index contributed by atoms with van der Waals surface area (Å²) in [5, 5.41) is 3.06. The van der Waals surface area contributed by atoms with Gasteiger partial charge in [0, 0.05) is 17.4 Å². The maximum Gasteiger partial charge on any atom is 0.257 e. The second-order valence-electron chi connectivity index (χ2n) is 9.54. The van der Waals surface area contributed by atoms with Crippen LogP contribution in [0.3, 0.4) is 0 Å². The zero-order valence-electron chi connectivity index (χ0n) is 19.4. The molecule has 6 heteroatoms. The van der Waals surface area contributed by atoms with Gasteiger partial charge >= 0.3 is 0 Å². The van der Waals surface area contributed by atoms with E-state index < -0.39 is 5.54 Å². The van der Waals surface area contributed by atoms with E-state index in [4.69, 9.17) is 9.47 Å². The average Bonchev–Trinajstić information content (AvgIpc) is 3.10. The molecule has 0 aliphatic carbocycles. The minimum Gasteiger partial charge on any atom is -0.497 e. The van der Waals surface area contributed by atoms with Gasteiger partial charge in [0.05, 0.1) is 31.0 Å². The van der Waals surface area contributed by atoms with Crippen molar-refractivity contribution in [3.05, 3.63) is 89.0 Å². The molecule has 0 bridgehead atoms. The smallest absolute Gasteiger partial charge is 0.257 e. The Hall–Kier alpha value is -3.80. The van der Waals surface area contributed by atoms with Crippen LogP contribution in [0.1, 0.15) is 45.9 Å². The van der Waals surface area contributed by atoms with E-state index in [0.717, 1.165) is 22.4 Å². The number of hydrogen-bond acceptors (Lipinski definition) is 4. The molecule has 172 valence electrons. The lowest BCUT2D eigenvalue weighted by molar-refractivity contribution is -0.125. The standard InChI is InChI=1S/C28H26N2O4/c1-16-9-12-23-20(13-16)25-21(15-34-23)24(17-7-5-4-6-8-17)28(2)27(32)29-22-11-10-18(33-3)14-19(22)26(31)30(25)28/h4-14,21,24-25H,15H2,1-3H3,(H,29,32)/t21-,24+,25+,28-/m1/s1. The maximum absolute atomic E-state index is 14.3. The average molecular weight is 455 g/mol. The predicted octanol–water partition coefficient (Wildman–Crippen LogP) is 4.70. The van der Waals surface area contributed by atoms with Crippen molar-refractivity contribution >= 4 is 17.5 Å². The number of ether oxygens (including phenoxy) is 2. The van der Waals surface area contributed by atoms with Crippen LogP contribution in [-0.2, 0) is 4.79 Å². The van der Waals surface area contributed by atoms with E-state index in [0.29, 0.717) is 23.6 Å². The number of nitrogens with one attached hydrogen (secondary N) is 1. The number of anilines is 1. The second-order valence-corrected chi connectivity index (χ2v) is 9.54. The minimum atomic E-state index is -1.12. The SMILES string of the molecule is COc1ccc2c(c1)C(=O)N1[C@H]3c4cc(C)ccc4OC[C@@H]3[C@H](c3ccccc3)[C@]1(C)C(=O)N2. The van der Waals surface area contributed by atoms with Crippen molar-refractivity contribution in [3.63, 3.8) is 0 Å². The van der Waals surface area contributed by atoms with Crippen molar-refractivity contribution in [2.75, 3.05) is 19.0 Å². The zero-order valence-corrected chi connectivity index (χ0v) is 19.4. The van der Waals surface area contributed by atoms with E-state index in [-0.39, 0.29) is 29.7 Å². The largest absolute Gasteiger partial charge is 0.497 e. The molecule has 0 aromatic heterocycles. The first-order valence-corrected chi connectivity index (χ1v) is 11.5. The van der Waals surface area contributed by atoms with Crippen LogP contribution in [0, 0.1) is 12.8 Å². The molecule has 0 unspecified atom stereocenters. The molecule has 3 heterocycles. The highest BCUT2D eigenvalue weighted by molar-refractivity contribution is 6.13. The number of carbonyl (C=O) groups excluding carboxylic acids is 2. The first-order valence-electron chi connectivity index (χ1n) is 11.5. The summed E-state index contributed by atoms with van der Waals surface area (Å²) in [6.45, 7) is 4.36. The van der Waals surface area contributed by atoms with Gasteiger partial charge in [-0.3, -0.25) is 9.59 Å². The van der Waals surface area contributed by atoms with E-state index in [2.05, 4.69) is 11.4 Å². The molecule has 1 N–H and O–H groups in total. The summed E-state index contributed by atoms with van der Waals surface area (Å²) in [6, 6.07) is 21.0. The van der Waals surface area contributed by atoms with Crippen LogP contribution in [0.2, 0.25) is 0 Å². The third-order valence-corrected chi connectivity index (χ3v) is 7.68. The van der Waals surface area contributed by atoms with Crippen LogP contribution in [0.5, 0.6) is 11.5 Å². The molecule has 6 rings (SSSR count). The monoisotopic (exact) mass is 454 g/mol. The highest BCUT2D eigenvalue weighted by Gasteiger charge is 2.65. The van der Waals surface area contributed by atoms with Gasteiger partial charge in [-0.2, -0.15) is 0 Å². The van der Waals surface area contributed by atoms with Gasteiger partial charge in [0.1, 0.15) is 17.0 Å². The highest BCUT2D eigenvalue weighted by Crippen LogP contribution is 2.60. The molecule has 34 heavy (non-hydrogen) atoms. The maximum atomic E-state index is 14.3. The van der Waals surface area contributed by atoms with E-state index >= 15 is 0 Å². The Kier molecular flexibility index (Phi) is 4.49. The van der Waals surface area contributed by atoms with Gasteiger partial charge in [-0.05, 0) is 43.7 Å². The summed E-state index contributed by atoms with van der Waals surface area (Å²) in [4.78, 5) is 30.1. The van der Waals surface area contributed by atoms with E-state index in [1.165, 1.54) is 0 Å². The zero-order chi connectivity index (χ0) is 23.6. The topological polar surface area (TPSA) is 67.9 Å². The number of amides is 2. The van der Waals surface area contributed by atoms with Gasteiger partial charge in [0.2, 0.25) is 0 Å². The molecule has 0 radical (unpaired) electrons. The lowest BCUT2D eigenvalue weighted by atomic mass is 9.73. The molecule has 4 atom stereocenters. The van der Waals surface area contributed by atoms with Crippen molar-refractivity contribution in [3.8, 4) is 11.5 Å². The van der Waals surface area contributed by atoms with Crippen LogP contribution in [0.4, 0.5) is 5.69 Å². The van der Waals surface area contributed by atoms with Gasteiger partial charge in [-0.1, -0.05) is 48.0 Å². The second kappa shape index (κ2) is 7.35. The number of aryl methyl sites for hydroxylation is 1. The predicted molar refractivity (Wildman–Crippen MR) is 128 cm³/mol. The third kappa shape index (κ3) is 2.74. The molecule has 3 aliphatic rings. The molecule has 6 nitrogen and oxygen atoms in total. The molecular weight excluding hydrogens is 428 g/mol. The fraction of sp³-hybridized carbons (Fsp3) is 0.286. The van der Waals surface area contributed by atoms with Crippen molar-refractivity contribution in [2.24, 2.45) is 5.92 Å². The summed E-state index contributed by atoms with van der Waals surface area (Å²) in [7, 11) is 1.57. The first kappa shape index (κ1) is 20.8. The van der Waals surface area contributed by atoms with Crippen molar-refractivity contribution < 1.29 is 19.1 Å². The number of carbonyl (C=O) groups is 2. The van der Waals surface area contributed by atoms with E-state index in [9.17, 15) is 9.59 Å². The molecule has 3 aromatic rings. The Morgan fingerprint density at radius 1 is 1.06 bits per heavy atom. The van der Waals surface area contributed by atoms with Crippen molar-refractivity contribution in [1.82, 2.24) is 4.90 Å². The molecule has 0 saturated carbocycles. The fourth-order valence-electron chi connectivity index (χ4n) is 6.14. The van der Waals surface area contributed by atoms with Gasteiger partial charge < -0.3 is 19.7 Å². The number of fused-ring (bicyclic) bond motifs is 6. The van der Waals surface area contributed by atoms with Crippen LogP contribution in [0.15, 0.2) is 66.7 Å². The first-order chi connectivity index (χ1) is 16.4. The van der Waals surface area contributed by atoms with Gasteiger partial charge in [0.15, 0.2) is 0 Å². The summed E-state index contributed by atoms with van der Waals surface area (Å²) in [5.41, 5.74) is 2.88. The normalized spacial score (nSPS) is 26.9. The Balaban J connectivity index is 1.62. The molecule has 3 aliphatic heterocycles. The number of hydrogen-bond donors (Lipinski definition) is 1. The number of benzene rings is 3. The molecule has 1 fully saturated rings. The quantitative estimate of drug-likeness (QED) is 0.609. The Morgan fingerprint density at radius 2 is 1.85 bits per heavy atom. The van der Waals surface area contributed by atoms with Crippen LogP contribution in [-0.4, -0.2) is 36.0 Å². The number of rotatable bonds is 2. The number of methoxy groups -OCH3 is 1. The summed E-state index contributed by atoms with van der Waals surface area (Å²) >= 11 is 0. The van der Waals surface area contributed by atoms with Crippen LogP contribution in [0.25, 0.3) is 0 Å². The van der Waals surface area contributed by atoms with Crippen LogP contribution < -0.4 is 14.8 Å². The molecular formula is C28H26N2O4. The summed E-state index contributed by atoms with van der Waals surface area (Å²) < 4.78 is 11.6. The lowest BCUT2D eigenvalue weighted by Gasteiger charge is -2.38. The minimum absolute atomic E-state index is 0.0800. The van der Waals surface area contributed by atoms with Gasteiger partial charge in [0.25, 0.3) is 11.8 Å². The third-order valence-electron chi connectivity index (χ3n) is 7.68. The number of nitrogens with zero attached hydrogens (tertiary/aromatic N) is 1. The fourth-order valence-corrected chi connectivity index (χ4v) is 6.14. The van der Waals surface area contributed by atoms with E-state index in [1.54, 1.807) is 25.3 Å². The molecule has 0 spiro atoms. The Labute approximate surface area is 198 Å². The molecule has 3 aromatic carbocycles. The van der Waals surface area contributed by atoms with E-state index in [1.807, 2.05) is 61.2 Å². The van der Waals surface area contributed by atoms with Gasteiger partial charge in [-0.15, -0.1) is 0 Å². The summed E-state index contributed by atoms with van der Waals surface area (Å²) in [6.07, 6.45) is 0. The van der Waals surface area contributed by atoms with Gasteiger partial charge in [-0.25, -0.2) is 0 Å². The van der Waals surface area contributed by atoms with Crippen LogP contribution >= 0.6 is 0 Å². The van der Waals surface area contributed by atoms with Crippen molar-refractivity contribution in [2.45, 2.75) is 31.3 Å². The Bertz CT molecular complexity index is 1320. The molecule has 1 saturated heterocycles.